The summed E-state index contributed by atoms with van der Waals surface area (Å²) in [6.45, 7) is 2.63. The number of carbonyl (C=O) groups excluding carboxylic acids is 1. The number of carbonyl (C=O) groups is 1. The summed E-state index contributed by atoms with van der Waals surface area (Å²) in [6.07, 6.45) is 2.99. The van der Waals surface area contributed by atoms with Crippen LogP contribution in [0.2, 0.25) is 0 Å². The maximum absolute atomic E-state index is 12.0. The Kier molecular flexibility index (Phi) is 4.65. The van der Waals surface area contributed by atoms with Gasteiger partial charge in [0.2, 0.25) is 0 Å². The highest BCUT2D eigenvalue weighted by Gasteiger charge is 2.42. The Hall–Kier alpha value is -1.05. The highest BCUT2D eigenvalue weighted by molar-refractivity contribution is 8.13. The van der Waals surface area contributed by atoms with Gasteiger partial charge in [0, 0.05) is 37.0 Å². The minimum absolute atomic E-state index is 0.0470. The molecule has 1 aromatic rings. The van der Waals surface area contributed by atoms with Crippen LogP contribution in [0, 0.1) is 12.3 Å². The summed E-state index contributed by atoms with van der Waals surface area (Å²) < 4.78 is 32.8. The molecule has 2 rings (SSSR count). The number of amides is 1. The minimum Gasteiger partial charge on any atom is -0.455 e. The van der Waals surface area contributed by atoms with Crippen LogP contribution in [0.25, 0.3) is 0 Å². The van der Waals surface area contributed by atoms with E-state index >= 15 is 0 Å². The zero-order chi connectivity index (χ0) is 15.7. The quantitative estimate of drug-likeness (QED) is 0.771. The van der Waals surface area contributed by atoms with Crippen LogP contribution in [-0.2, 0) is 13.8 Å². The van der Waals surface area contributed by atoms with Crippen LogP contribution in [0.4, 0.5) is 0 Å². The first kappa shape index (κ1) is 16.3. The molecule has 1 aromatic heterocycles. The number of rotatable bonds is 7. The molecule has 1 heterocycles. The van der Waals surface area contributed by atoms with Crippen molar-refractivity contribution in [3.63, 3.8) is 0 Å². The number of hydrogen-bond acceptors (Lipinski definition) is 5. The molecule has 8 heteroatoms. The van der Waals surface area contributed by atoms with E-state index in [4.69, 9.17) is 19.8 Å². The van der Waals surface area contributed by atoms with E-state index in [1.165, 1.54) is 6.92 Å². The van der Waals surface area contributed by atoms with Crippen LogP contribution in [0.15, 0.2) is 15.4 Å². The molecule has 1 aliphatic carbocycles. The largest absolute Gasteiger partial charge is 0.455 e. The van der Waals surface area contributed by atoms with E-state index in [9.17, 15) is 13.2 Å². The van der Waals surface area contributed by atoms with E-state index in [-0.39, 0.29) is 21.8 Å². The van der Waals surface area contributed by atoms with Gasteiger partial charge in [-0.1, -0.05) is 0 Å². The molecule has 0 unspecified atom stereocenters. The van der Waals surface area contributed by atoms with Crippen LogP contribution in [0.1, 0.15) is 35.6 Å². The molecule has 1 saturated carbocycles. The van der Waals surface area contributed by atoms with Crippen molar-refractivity contribution in [2.24, 2.45) is 5.41 Å². The van der Waals surface area contributed by atoms with Crippen LogP contribution in [-0.4, -0.2) is 34.6 Å². The van der Waals surface area contributed by atoms with E-state index in [2.05, 4.69) is 5.32 Å². The summed E-state index contributed by atoms with van der Waals surface area (Å²) in [5.41, 5.74) is 0.106. The van der Waals surface area contributed by atoms with E-state index < -0.39 is 15.0 Å². The standard InChI is InChI=1S/C13H18ClNO5S/c1-9-11(21(14,17)18)7-10(20-9)12(16)15-8-13(3-4-13)5-6-19-2/h7H,3-6,8H2,1-2H3,(H,15,16). The maximum Gasteiger partial charge on any atom is 0.287 e. The SMILES string of the molecule is COCCC1(CNC(=O)c2cc(S(=O)(=O)Cl)c(C)o2)CC1. The maximum atomic E-state index is 12.0. The van der Waals surface area contributed by atoms with Gasteiger partial charge in [-0.25, -0.2) is 8.42 Å². The third kappa shape index (κ3) is 3.99. The van der Waals surface area contributed by atoms with Crippen molar-refractivity contribution in [2.45, 2.75) is 31.1 Å². The minimum atomic E-state index is -3.91. The number of aryl methyl sites for hydroxylation is 1. The molecule has 118 valence electrons. The molecule has 21 heavy (non-hydrogen) atoms. The average Bonchev–Trinajstić information content (AvgIpc) is 3.06. The predicted octanol–water partition coefficient (Wildman–Crippen LogP) is 2.06. The molecule has 1 N–H and O–H groups in total. The Morgan fingerprint density at radius 1 is 1.52 bits per heavy atom. The fraction of sp³-hybridized carbons (Fsp3) is 0.615. The number of halogens is 1. The second kappa shape index (κ2) is 5.98. The number of nitrogens with one attached hydrogen (secondary N) is 1. The van der Waals surface area contributed by atoms with E-state index in [1.54, 1.807) is 7.11 Å². The van der Waals surface area contributed by atoms with Gasteiger partial charge in [0.15, 0.2) is 5.76 Å². The second-order valence-corrected chi connectivity index (χ2v) is 7.93. The lowest BCUT2D eigenvalue weighted by Crippen LogP contribution is -2.30. The normalized spacial score (nSPS) is 16.7. The Morgan fingerprint density at radius 3 is 2.67 bits per heavy atom. The van der Waals surface area contributed by atoms with Crippen molar-refractivity contribution < 1.29 is 22.4 Å². The summed E-state index contributed by atoms with van der Waals surface area (Å²) in [4.78, 5) is 11.8. The molecular weight excluding hydrogens is 318 g/mol. The molecule has 0 aliphatic heterocycles. The van der Waals surface area contributed by atoms with Crippen molar-refractivity contribution in [3.8, 4) is 0 Å². The lowest BCUT2D eigenvalue weighted by molar-refractivity contribution is 0.0909. The van der Waals surface area contributed by atoms with Gasteiger partial charge in [0.1, 0.15) is 10.7 Å². The fourth-order valence-corrected chi connectivity index (χ4v) is 3.28. The molecule has 0 atom stereocenters. The van der Waals surface area contributed by atoms with Crippen molar-refractivity contribution >= 4 is 25.6 Å². The summed E-state index contributed by atoms with van der Waals surface area (Å²) in [5, 5.41) is 2.78. The predicted molar refractivity (Wildman–Crippen MR) is 77.0 cm³/mol. The Bertz CT molecular complexity index is 633. The van der Waals surface area contributed by atoms with Gasteiger partial charge >= 0.3 is 0 Å². The summed E-state index contributed by atoms with van der Waals surface area (Å²) in [6, 6.07) is 1.15. The fourth-order valence-electron chi connectivity index (χ4n) is 2.18. The second-order valence-electron chi connectivity index (χ2n) is 5.39. The molecule has 0 spiro atoms. The van der Waals surface area contributed by atoms with E-state index in [0.29, 0.717) is 13.2 Å². The molecule has 0 saturated heterocycles. The van der Waals surface area contributed by atoms with Crippen LogP contribution < -0.4 is 5.32 Å². The highest BCUT2D eigenvalue weighted by atomic mass is 35.7. The third-order valence-electron chi connectivity index (χ3n) is 3.78. The average molecular weight is 336 g/mol. The molecule has 0 aromatic carbocycles. The summed E-state index contributed by atoms with van der Waals surface area (Å²) >= 11 is 0. The Morgan fingerprint density at radius 2 is 2.19 bits per heavy atom. The van der Waals surface area contributed by atoms with Gasteiger partial charge in [-0.3, -0.25) is 4.79 Å². The molecule has 1 aliphatic rings. The number of ether oxygens (including phenoxy) is 1. The first-order valence-electron chi connectivity index (χ1n) is 6.60. The van der Waals surface area contributed by atoms with Crippen LogP contribution in [0.3, 0.4) is 0 Å². The van der Waals surface area contributed by atoms with Gasteiger partial charge in [-0.05, 0) is 31.6 Å². The van der Waals surface area contributed by atoms with Gasteiger partial charge in [0.25, 0.3) is 15.0 Å². The monoisotopic (exact) mass is 335 g/mol. The van der Waals surface area contributed by atoms with Crippen molar-refractivity contribution in [1.29, 1.82) is 0 Å². The first-order valence-corrected chi connectivity index (χ1v) is 8.91. The van der Waals surface area contributed by atoms with E-state index in [1.807, 2.05) is 0 Å². The molecular formula is C13H18ClNO5S. The van der Waals surface area contributed by atoms with Crippen LogP contribution >= 0.6 is 10.7 Å². The van der Waals surface area contributed by atoms with Gasteiger partial charge in [-0.2, -0.15) is 0 Å². The van der Waals surface area contributed by atoms with Gasteiger partial charge in [-0.15, -0.1) is 0 Å². The molecule has 0 bridgehead atoms. The molecule has 1 fully saturated rings. The lowest BCUT2D eigenvalue weighted by atomic mass is 10.0. The first-order chi connectivity index (χ1) is 9.77. The van der Waals surface area contributed by atoms with Crippen LogP contribution in [0.5, 0.6) is 0 Å². The van der Waals surface area contributed by atoms with Crippen molar-refractivity contribution in [1.82, 2.24) is 5.32 Å². The van der Waals surface area contributed by atoms with Crippen molar-refractivity contribution in [2.75, 3.05) is 20.3 Å². The molecule has 0 radical (unpaired) electrons. The van der Waals surface area contributed by atoms with Gasteiger partial charge < -0.3 is 14.5 Å². The number of methoxy groups -OCH3 is 1. The Balaban J connectivity index is 1.99. The summed E-state index contributed by atoms with van der Waals surface area (Å²) in [7, 11) is 3.01. The molecule has 6 nitrogen and oxygen atoms in total. The molecule has 1 amide bonds. The van der Waals surface area contributed by atoms with E-state index in [0.717, 1.165) is 25.3 Å². The number of furan rings is 1. The summed E-state index contributed by atoms with van der Waals surface area (Å²) in [5.74, 6) is -0.377. The van der Waals surface area contributed by atoms with Gasteiger partial charge in [0.05, 0.1) is 0 Å². The topological polar surface area (TPSA) is 85.6 Å². The zero-order valence-electron chi connectivity index (χ0n) is 11.9. The third-order valence-corrected chi connectivity index (χ3v) is 5.21. The Labute approximate surface area is 128 Å². The lowest BCUT2D eigenvalue weighted by Gasteiger charge is -2.14. The highest BCUT2D eigenvalue weighted by Crippen LogP contribution is 2.48. The smallest absolute Gasteiger partial charge is 0.287 e. The van der Waals surface area contributed by atoms with Crippen molar-refractivity contribution in [3.05, 3.63) is 17.6 Å². The zero-order valence-corrected chi connectivity index (χ0v) is 13.5. The number of hydrogen-bond donors (Lipinski definition) is 1.